The Labute approximate surface area is 545 Å². The highest BCUT2D eigenvalue weighted by atomic mass is 16.5. The lowest BCUT2D eigenvalue weighted by molar-refractivity contribution is -0.143. The van der Waals surface area contributed by atoms with Gasteiger partial charge in [0.05, 0.1) is 25.4 Å². The molecule has 87 heavy (non-hydrogen) atoms. The van der Waals surface area contributed by atoms with E-state index in [2.05, 4.69) is 43.5 Å². The van der Waals surface area contributed by atoms with E-state index < -0.39 is 12.1 Å². The van der Waals surface area contributed by atoms with Gasteiger partial charge >= 0.3 is 5.97 Å². The van der Waals surface area contributed by atoms with Crippen LogP contribution >= 0.6 is 0 Å². The van der Waals surface area contributed by atoms with Crippen LogP contribution in [0.5, 0.6) is 0 Å². The Kier molecular flexibility index (Phi) is 75.3. The molecule has 1 amide bonds. The highest BCUT2D eigenvalue weighted by Crippen LogP contribution is 2.20. The fourth-order valence-electron chi connectivity index (χ4n) is 12.9. The number of allylic oxidation sites excluding steroid dienone is 4. The van der Waals surface area contributed by atoms with Crippen LogP contribution in [0.3, 0.4) is 0 Å². The predicted octanol–water partition coefficient (Wildman–Crippen LogP) is 26.4. The Morgan fingerprint density at radius 2 is 0.586 bits per heavy atom. The molecule has 3 N–H and O–H groups in total. The van der Waals surface area contributed by atoms with Crippen molar-refractivity contribution in [3.05, 3.63) is 24.3 Å². The molecule has 2 atom stereocenters. The van der Waals surface area contributed by atoms with Crippen molar-refractivity contribution >= 4 is 11.9 Å². The van der Waals surface area contributed by atoms with E-state index in [4.69, 9.17) is 4.74 Å². The maximum atomic E-state index is 12.5. The predicted molar refractivity (Wildman–Crippen MR) is 384 cm³/mol. The zero-order valence-electron chi connectivity index (χ0n) is 59.3. The average Bonchev–Trinajstić information content (AvgIpc) is 3.54. The smallest absolute Gasteiger partial charge is 0.305 e. The molecule has 0 aromatic heterocycles. The second-order valence-corrected chi connectivity index (χ2v) is 27.8. The first-order chi connectivity index (χ1) is 43.0. The van der Waals surface area contributed by atoms with Crippen molar-refractivity contribution in [1.82, 2.24) is 5.32 Å². The Hall–Kier alpha value is -1.66. The molecule has 6 nitrogen and oxygen atoms in total. The van der Waals surface area contributed by atoms with Crippen molar-refractivity contribution in [2.45, 2.75) is 469 Å². The molecule has 0 aliphatic rings. The Bertz CT molecular complexity index is 1360. The topological polar surface area (TPSA) is 95.9 Å². The van der Waals surface area contributed by atoms with Crippen molar-refractivity contribution in [2.75, 3.05) is 13.2 Å². The normalized spacial score (nSPS) is 12.6. The summed E-state index contributed by atoms with van der Waals surface area (Å²) in [4.78, 5) is 24.6. The van der Waals surface area contributed by atoms with Gasteiger partial charge in [-0.05, 0) is 51.4 Å². The van der Waals surface area contributed by atoms with Gasteiger partial charge in [0.15, 0.2) is 0 Å². The molecule has 0 aromatic rings. The summed E-state index contributed by atoms with van der Waals surface area (Å²) < 4.78 is 5.49. The molecule has 0 heterocycles. The SMILES string of the molecule is CCCC/C=C\C/C=C\CCCCCCCC(=O)OCCCCCCCCCCCCCCCCCCCCCCCCCCCCCCCCCCCCCCCCCC(=O)NC(CO)C(O)CCCCCCCCCCCCCCCCCCC. The van der Waals surface area contributed by atoms with E-state index in [0.29, 0.717) is 25.9 Å². The molecular weight excluding hydrogens is 1070 g/mol. The average molecular weight is 1230 g/mol. The molecule has 0 saturated heterocycles. The van der Waals surface area contributed by atoms with E-state index in [1.54, 1.807) is 0 Å². The number of rotatable bonds is 76. The molecule has 0 aromatic carbocycles. The summed E-state index contributed by atoms with van der Waals surface area (Å²) in [6.07, 6.45) is 98.6. The fourth-order valence-corrected chi connectivity index (χ4v) is 12.9. The van der Waals surface area contributed by atoms with Gasteiger partial charge in [-0.15, -0.1) is 0 Å². The maximum absolute atomic E-state index is 12.5. The van der Waals surface area contributed by atoms with Gasteiger partial charge in [0.1, 0.15) is 0 Å². The summed E-state index contributed by atoms with van der Waals surface area (Å²) >= 11 is 0. The molecule has 0 aliphatic heterocycles. The van der Waals surface area contributed by atoms with Crippen LogP contribution in [0.25, 0.3) is 0 Å². The number of aliphatic hydroxyl groups excluding tert-OH is 2. The zero-order chi connectivity index (χ0) is 62.8. The molecule has 0 fully saturated rings. The first-order valence-corrected chi connectivity index (χ1v) is 40.1. The van der Waals surface area contributed by atoms with E-state index >= 15 is 0 Å². The number of nitrogens with one attached hydrogen (secondary N) is 1. The summed E-state index contributed by atoms with van der Waals surface area (Å²) in [6.45, 7) is 4.95. The van der Waals surface area contributed by atoms with Gasteiger partial charge in [-0.25, -0.2) is 0 Å². The highest BCUT2D eigenvalue weighted by Gasteiger charge is 2.20. The first kappa shape index (κ1) is 85.3. The van der Waals surface area contributed by atoms with E-state index in [9.17, 15) is 19.8 Å². The standard InChI is InChI=1S/C81H157NO5/c1-3-5-7-9-11-13-15-17-19-43-46-49-53-57-61-65-69-73-79(84)78(77-83)82-80(85)74-70-66-62-58-54-50-47-44-41-39-37-35-33-31-29-27-25-23-21-20-22-24-26-28-30-32-34-36-38-40-42-45-48-52-56-60-64-68-72-76-87-81(86)75-71-67-63-59-55-51-18-16-14-12-10-8-6-4-2/h10,12,16,18,78-79,83-84H,3-9,11,13-15,17,19-77H2,1-2H3,(H,82,85)/b12-10-,18-16-. The zero-order valence-corrected chi connectivity index (χ0v) is 59.3. The molecule has 0 radical (unpaired) electrons. The summed E-state index contributed by atoms with van der Waals surface area (Å²) in [7, 11) is 0. The number of esters is 1. The molecule has 6 heteroatoms. The number of carbonyl (C=O) groups is 2. The van der Waals surface area contributed by atoms with E-state index in [1.807, 2.05) is 0 Å². The highest BCUT2D eigenvalue weighted by molar-refractivity contribution is 5.76. The lowest BCUT2D eigenvalue weighted by Gasteiger charge is -2.22. The number of aliphatic hydroxyl groups is 2. The number of unbranched alkanes of at least 4 members (excludes halogenated alkanes) is 61. The van der Waals surface area contributed by atoms with Crippen molar-refractivity contribution in [3.63, 3.8) is 0 Å². The first-order valence-electron chi connectivity index (χ1n) is 40.1. The van der Waals surface area contributed by atoms with Gasteiger partial charge < -0.3 is 20.3 Å². The van der Waals surface area contributed by atoms with E-state index in [1.165, 1.54) is 372 Å². The minimum absolute atomic E-state index is 0.0101. The van der Waals surface area contributed by atoms with Gasteiger partial charge in [0.2, 0.25) is 5.91 Å². The van der Waals surface area contributed by atoms with Crippen LogP contribution in [-0.4, -0.2) is 47.4 Å². The van der Waals surface area contributed by atoms with Crippen molar-refractivity contribution < 1.29 is 24.5 Å². The van der Waals surface area contributed by atoms with Crippen LogP contribution in [0.1, 0.15) is 457 Å². The Balaban J connectivity index is 3.29. The Morgan fingerprint density at radius 3 is 0.908 bits per heavy atom. The van der Waals surface area contributed by atoms with Crippen molar-refractivity contribution in [3.8, 4) is 0 Å². The van der Waals surface area contributed by atoms with Crippen LogP contribution in [0.15, 0.2) is 24.3 Å². The third-order valence-corrected chi connectivity index (χ3v) is 19.0. The van der Waals surface area contributed by atoms with Gasteiger partial charge in [-0.3, -0.25) is 9.59 Å². The number of hydrogen-bond acceptors (Lipinski definition) is 5. The van der Waals surface area contributed by atoms with Gasteiger partial charge in [0.25, 0.3) is 0 Å². The number of hydrogen-bond donors (Lipinski definition) is 3. The molecule has 0 rings (SSSR count). The number of carbonyl (C=O) groups excluding carboxylic acids is 2. The largest absolute Gasteiger partial charge is 0.466 e. The van der Waals surface area contributed by atoms with Crippen molar-refractivity contribution in [2.24, 2.45) is 0 Å². The number of ether oxygens (including phenoxy) is 1. The van der Waals surface area contributed by atoms with E-state index in [-0.39, 0.29) is 18.5 Å². The van der Waals surface area contributed by atoms with Crippen LogP contribution in [0, 0.1) is 0 Å². The van der Waals surface area contributed by atoms with Crippen LogP contribution < -0.4 is 5.32 Å². The molecule has 516 valence electrons. The van der Waals surface area contributed by atoms with Crippen LogP contribution in [0.4, 0.5) is 0 Å². The van der Waals surface area contributed by atoms with Gasteiger partial charge in [-0.1, -0.05) is 417 Å². The summed E-state index contributed by atoms with van der Waals surface area (Å²) in [6, 6.07) is -0.536. The van der Waals surface area contributed by atoms with Crippen LogP contribution in [-0.2, 0) is 14.3 Å². The molecule has 0 aliphatic carbocycles. The minimum atomic E-state index is -0.660. The summed E-state index contributed by atoms with van der Waals surface area (Å²) in [5.74, 6) is -0.0143. The second-order valence-electron chi connectivity index (χ2n) is 27.8. The summed E-state index contributed by atoms with van der Waals surface area (Å²) in [5.41, 5.74) is 0. The molecule has 2 unspecified atom stereocenters. The van der Waals surface area contributed by atoms with E-state index in [0.717, 1.165) is 51.4 Å². The second kappa shape index (κ2) is 76.8. The minimum Gasteiger partial charge on any atom is -0.466 e. The molecule has 0 spiro atoms. The summed E-state index contributed by atoms with van der Waals surface area (Å²) in [5, 5.41) is 23.4. The molecule has 0 bridgehead atoms. The maximum Gasteiger partial charge on any atom is 0.305 e. The van der Waals surface area contributed by atoms with Crippen molar-refractivity contribution in [1.29, 1.82) is 0 Å². The lowest BCUT2D eigenvalue weighted by Crippen LogP contribution is -2.45. The van der Waals surface area contributed by atoms with Gasteiger partial charge in [0, 0.05) is 12.8 Å². The fraction of sp³-hybridized carbons (Fsp3) is 0.926. The van der Waals surface area contributed by atoms with Gasteiger partial charge in [-0.2, -0.15) is 0 Å². The number of amides is 1. The molecule has 0 saturated carbocycles. The van der Waals surface area contributed by atoms with Crippen LogP contribution in [0.2, 0.25) is 0 Å². The lowest BCUT2D eigenvalue weighted by atomic mass is 10.0. The monoisotopic (exact) mass is 1220 g/mol. The third-order valence-electron chi connectivity index (χ3n) is 19.0. The quantitative estimate of drug-likeness (QED) is 0.0320. The molecular formula is C81H157NO5. The third kappa shape index (κ3) is 73.3. The Morgan fingerprint density at radius 1 is 0.322 bits per heavy atom.